The molecule has 35 heavy (non-hydrogen) atoms. The third kappa shape index (κ3) is 6.23. The SMILES string of the molecule is Cc1ccccc1CNC(=O)[C@H]1CC(=O)N(c2ccc(OCC(=O)Nc3ccc(F)cc3)cc2)C1. The first kappa shape index (κ1) is 23.9. The molecule has 0 unspecified atom stereocenters. The molecule has 7 nitrogen and oxygen atoms in total. The minimum Gasteiger partial charge on any atom is -0.484 e. The molecule has 1 heterocycles. The van der Waals surface area contributed by atoms with Gasteiger partial charge in [0.25, 0.3) is 5.91 Å². The van der Waals surface area contributed by atoms with E-state index in [1.165, 1.54) is 24.3 Å². The first-order valence-electron chi connectivity index (χ1n) is 11.3. The van der Waals surface area contributed by atoms with Crippen LogP contribution in [0, 0.1) is 18.7 Å². The quantitative estimate of drug-likeness (QED) is 0.519. The molecule has 180 valence electrons. The number of ether oxygens (including phenoxy) is 1. The Balaban J connectivity index is 1.27. The number of carbonyl (C=O) groups is 3. The molecule has 1 fully saturated rings. The second-order valence-corrected chi connectivity index (χ2v) is 8.39. The maximum Gasteiger partial charge on any atom is 0.262 e. The molecular weight excluding hydrogens is 449 g/mol. The number of halogens is 1. The molecule has 1 atom stereocenters. The number of anilines is 2. The van der Waals surface area contributed by atoms with Crippen LogP contribution in [0.4, 0.5) is 15.8 Å². The number of rotatable bonds is 8. The van der Waals surface area contributed by atoms with Gasteiger partial charge in [-0.25, -0.2) is 4.39 Å². The van der Waals surface area contributed by atoms with Crippen molar-refractivity contribution in [2.24, 2.45) is 5.92 Å². The first-order valence-corrected chi connectivity index (χ1v) is 11.3. The summed E-state index contributed by atoms with van der Waals surface area (Å²) in [6.45, 7) is 2.51. The van der Waals surface area contributed by atoms with Crippen LogP contribution in [0.1, 0.15) is 17.5 Å². The normalized spacial score (nSPS) is 15.1. The predicted octanol–water partition coefficient (Wildman–Crippen LogP) is 3.82. The topological polar surface area (TPSA) is 87.7 Å². The van der Waals surface area contributed by atoms with Crippen molar-refractivity contribution in [2.45, 2.75) is 19.9 Å². The Bertz CT molecular complexity index is 1210. The van der Waals surface area contributed by atoms with Gasteiger partial charge >= 0.3 is 0 Å². The molecule has 3 aromatic carbocycles. The molecule has 0 aromatic heterocycles. The minimum atomic E-state index is -0.419. The lowest BCUT2D eigenvalue weighted by molar-refractivity contribution is -0.126. The predicted molar refractivity (Wildman–Crippen MR) is 130 cm³/mol. The van der Waals surface area contributed by atoms with E-state index in [0.29, 0.717) is 30.2 Å². The average molecular weight is 476 g/mol. The van der Waals surface area contributed by atoms with Crippen molar-refractivity contribution < 1.29 is 23.5 Å². The zero-order chi connectivity index (χ0) is 24.8. The molecule has 3 amide bonds. The van der Waals surface area contributed by atoms with E-state index < -0.39 is 5.92 Å². The number of hydrogen-bond acceptors (Lipinski definition) is 4. The largest absolute Gasteiger partial charge is 0.484 e. The highest BCUT2D eigenvalue weighted by molar-refractivity contribution is 6.00. The van der Waals surface area contributed by atoms with Crippen LogP contribution in [0.15, 0.2) is 72.8 Å². The van der Waals surface area contributed by atoms with E-state index in [1.807, 2.05) is 31.2 Å². The van der Waals surface area contributed by atoms with Crippen molar-refractivity contribution in [1.82, 2.24) is 5.32 Å². The number of aryl methyl sites for hydroxylation is 1. The lowest BCUT2D eigenvalue weighted by Crippen LogP contribution is -2.32. The molecule has 0 saturated carbocycles. The molecule has 0 radical (unpaired) electrons. The van der Waals surface area contributed by atoms with Gasteiger partial charge in [0, 0.05) is 30.9 Å². The zero-order valence-electron chi connectivity index (χ0n) is 19.3. The Morgan fingerprint density at radius 1 is 1.03 bits per heavy atom. The lowest BCUT2D eigenvalue weighted by atomic mass is 10.1. The van der Waals surface area contributed by atoms with Gasteiger partial charge in [0.2, 0.25) is 11.8 Å². The molecule has 4 rings (SSSR count). The molecule has 0 aliphatic carbocycles. The third-order valence-corrected chi connectivity index (χ3v) is 5.86. The molecule has 0 bridgehead atoms. The Morgan fingerprint density at radius 2 is 1.74 bits per heavy atom. The Morgan fingerprint density at radius 3 is 2.46 bits per heavy atom. The van der Waals surface area contributed by atoms with Gasteiger partial charge in [-0.2, -0.15) is 0 Å². The molecule has 1 aliphatic rings. The summed E-state index contributed by atoms with van der Waals surface area (Å²) in [6.07, 6.45) is 0.154. The molecule has 1 saturated heterocycles. The molecule has 2 N–H and O–H groups in total. The van der Waals surface area contributed by atoms with Crippen molar-refractivity contribution in [3.63, 3.8) is 0 Å². The van der Waals surface area contributed by atoms with Crippen LogP contribution in [-0.4, -0.2) is 30.9 Å². The van der Waals surface area contributed by atoms with Crippen molar-refractivity contribution in [3.05, 3.63) is 89.7 Å². The Kier molecular flexibility index (Phi) is 7.40. The number of hydrogen-bond donors (Lipinski definition) is 2. The van der Waals surface area contributed by atoms with Crippen LogP contribution in [0.25, 0.3) is 0 Å². The Labute approximate surface area is 202 Å². The molecule has 0 spiro atoms. The summed E-state index contributed by atoms with van der Waals surface area (Å²) in [4.78, 5) is 38.8. The smallest absolute Gasteiger partial charge is 0.262 e. The summed E-state index contributed by atoms with van der Waals surface area (Å²) in [5.74, 6) is -0.982. The molecule has 3 aromatic rings. The fraction of sp³-hybridized carbons (Fsp3) is 0.222. The van der Waals surface area contributed by atoms with Crippen molar-refractivity contribution in [3.8, 4) is 5.75 Å². The maximum atomic E-state index is 13.0. The lowest BCUT2D eigenvalue weighted by Gasteiger charge is -2.17. The minimum absolute atomic E-state index is 0.117. The van der Waals surface area contributed by atoms with Crippen molar-refractivity contribution in [1.29, 1.82) is 0 Å². The second-order valence-electron chi connectivity index (χ2n) is 8.39. The standard InChI is InChI=1S/C27H26FN3O4/c1-18-4-2-3-5-19(18)15-29-27(34)20-14-26(33)31(16-20)23-10-12-24(13-11-23)35-17-25(32)30-22-8-6-21(28)7-9-22/h2-13,20H,14-17H2,1H3,(H,29,34)(H,30,32)/t20-/m0/s1. The van der Waals surface area contributed by atoms with Gasteiger partial charge in [-0.15, -0.1) is 0 Å². The summed E-state index contributed by atoms with van der Waals surface area (Å²) in [5, 5.41) is 5.56. The van der Waals surface area contributed by atoms with Crippen LogP contribution < -0.4 is 20.3 Å². The fourth-order valence-electron chi connectivity index (χ4n) is 3.87. The third-order valence-electron chi connectivity index (χ3n) is 5.86. The van der Waals surface area contributed by atoms with Gasteiger partial charge in [0.1, 0.15) is 11.6 Å². The summed E-state index contributed by atoms with van der Waals surface area (Å²) in [7, 11) is 0. The van der Waals surface area contributed by atoms with Crippen LogP contribution in [-0.2, 0) is 20.9 Å². The summed E-state index contributed by atoms with van der Waals surface area (Å²) in [5.41, 5.74) is 3.28. The van der Waals surface area contributed by atoms with Crippen molar-refractivity contribution in [2.75, 3.05) is 23.4 Å². The van der Waals surface area contributed by atoms with Crippen LogP contribution in [0.3, 0.4) is 0 Å². The van der Waals surface area contributed by atoms with E-state index in [2.05, 4.69) is 10.6 Å². The number of nitrogens with zero attached hydrogens (tertiary/aromatic N) is 1. The van der Waals surface area contributed by atoms with Crippen LogP contribution in [0.2, 0.25) is 0 Å². The average Bonchev–Trinajstić information content (AvgIpc) is 3.25. The highest BCUT2D eigenvalue weighted by Gasteiger charge is 2.35. The monoisotopic (exact) mass is 475 g/mol. The highest BCUT2D eigenvalue weighted by atomic mass is 19.1. The molecule has 1 aliphatic heterocycles. The number of carbonyl (C=O) groups excluding carboxylic acids is 3. The van der Waals surface area contributed by atoms with Gasteiger partial charge in [0.05, 0.1) is 5.92 Å². The van der Waals surface area contributed by atoms with E-state index in [4.69, 9.17) is 4.74 Å². The van der Waals surface area contributed by atoms with Gasteiger partial charge in [-0.05, 0) is 66.6 Å². The van der Waals surface area contributed by atoms with Crippen LogP contribution in [0.5, 0.6) is 5.75 Å². The number of amides is 3. The fourth-order valence-corrected chi connectivity index (χ4v) is 3.87. The van der Waals surface area contributed by atoms with Gasteiger partial charge < -0.3 is 20.3 Å². The highest BCUT2D eigenvalue weighted by Crippen LogP contribution is 2.27. The summed E-state index contributed by atoms with van der Waals surface area (Å²) < 4.78 is 18.5. The van der Waals surface area contributed by atoms with E-state index in [0.717, 1.165) is 11.1 Å². The number of benzene rings is 3. The Hall–Kier alpha value is -4.20. The van der Waals surface area contributed by atoms with E-state index in [9.17, 15) is 18.8 Å². The van der Waals surface area contributed by atoms with E-state index in [-0.39, 0.29) is 36.6 Å². The van der Waals surface area contributed by atoms with Crippen LogP contribution >= 0.6 is 0 Å². The zero-order valence-corrected chi connectivity index (χ0v) is 19.3. The van der Waals surface area contributed by atoms with Gasteiger partial charge in [-0.1, -0.05) is 24.3 Å². The molecule has 8 heteroatoms. The summed E-state index contributed by atoms with van der Waals surface area (Å²) >= 11 is 0. The summed E-state index contributed by atoms with van der Waals surface area (Å²) in [6, 6.07) is 20.1. The van der Waals surface area contributed by atoms with Crippen molar-refractivity contribution >= 4 is 29.1 Å². The number of nitrogens with one attached hydrogen (secondary N) is 2. The van der Waals surface area contributed by atoms with Gasteiger partial charge in [-0.3, -0.25) is 14.4 Å². The second kappa shape index (κ2) is 10.8. The molecular formula is C27H26FN3O4. The van der Waals surface area contributed by atoms with Gasteiger partial charge in [0.15, 0.2) is 6.61 Å². The van der Waals surface area contributed by atoms with E-state index in [1.54, 1.807) is 29.2 Å². The van der Waals surface area contributed by atoms with E-state index >= 15 is 0 Å². The first-order chi connectivity index (χ1) is 16.9. The maximum absolute atomic E-state index is 13.0.